The van der Waals surface area contributed by atoms with Crippen molar-refractivity contribution < 1.29 is 5.11 Å². The fourth-order valence-electron chi connectivity index (χ4n) is 1.76. The van der Waals surface area contributed by atoms with Gasteiger partial charge < -0.3 is 5.11 Å². The minimum atomic E-state index is 0.219. The van der Waals surface area contributed by atoms with Crippen molar-refractivity contribution in [3.05, 3.63) is 58.7 Å². The Labute approximate surface area is 107 Å². The summed E-state index contributed by atoms with van der Waals surface area (Å²) in [5.74, 6) is 0.932. The quantitative estimate of drug-likeness (QED) is 0.818. The molecule has 1 N–H and O–H groups in total. The summed E-state index contributed by atoms with van der Waals surface area (Å²) in [5, 5.41) is 10.1. The third-order valence-electron chi connectivity index (χ3n) is 2.88. The summed E-state index contributed by atoms with van der Waals surface area (Å²) in [7, 11) is 0. The Hall–Kier alpha value is -2.16. The van der Waals surface area contributed by atoms with Gasteiger partial charge in [0.15, 0.2) is 0 Å². The average molecular weight is 240 g/mol. The Bertz CT molecular complexity index is 589. The lowest BCUT2D eigenvalue weighted by Crippen LogP contribution is -1.99. The van der Waals surface area contributed by atoms with Crippen molar-refractivity contribution in [3.63, 3.8) is 0 Å². The van der Waals surface area contributed by atoms with Crippen LogP contribution >= 0.6 is 0 Å². The van der Waals surface area contributed by atoms with Gasteiger partial charge in [0.25, 0.3) is 0 Å². The molecule has 18 heavy (non-hydrogen) atoms. The molecule has 0 amide bonds. The van der Waals surface area contributed by atoms with Crippen LogP contribution in [0, 0.1) is 20.8 Å². The molecule has 1 aromatic carbocycles. The summed E-state index contributed by atoms with van der Waals surface area (Å²) in [6, 6.07) is 9.43. The van der Waals surface area contributed by atoms with E-state index in [4.69, 9.17) is 0 Å². The molecule has 0 fully saturated rings. The SMILES string of the molecule is Cc1nc(C)c(C)c(/C=C(\O)c2ccccc2)n1. The van der Waals surface area contributed by atoms with Crippen molar-refractivity contribution in [1.82, 2.24) is 9.97 Å². The molecule has 0 saturated carbocycles. The Balaban J connectivity index is 2.45. The zero-order valence-corrected chi connectivity index (χ0v) is 10.8. The van der Waals surface area contributed by atoms with E-state index in [0.29, 0.717) is 5.82 Å². The van der Waals surface area contributed by atoms with Gasteiger partial charge in [-0.25, -0.2) is 9.97 Å². The average Bonchev–Trinajstić information content (AvgIpc) is 2.36. The molecule has 0 radical (unpaired) electrons. The molecular formula is C15H16N2O. The van der Waals surface area contributed by atoms with Crippen LogP contribution in [0.1, 0.15) is 28.3 Å². The molecule has 0 atom stereocenters. The van der Waals surface area contributed by atoms with Crippen LogP contribution in [-0.4, -0.2) is 15.1 Å². The van der Waals surface area contributed by atoms with Crippen molar-refractivity contribution in [2.45, 2.75) is 20.8 Å². The van der Waals surface area contributed by atoms with Crippen LogP contribution in [-0.2, 0) is 0 Å². The number of hydrogen-bond donors (Lipinski definition) is 1. The number of benzene rings is 1. The minimum Gasteiger partial charge on any atom is -0.507 e. The molecule has 0 bridgehead atoms. The first kappa shape index (κ1) is 12.3. The van der Waals surface area contributed by atoms with E-state index in [1.54, 1.807) is 6.08 Å². The van der Waals surface area contributed by atoms with Crippen molar-refractivity contribution >= 4 is 11.8 Å². The second-order valence-electron chi connectivity index (χ2n) is 4.26. The van der Waals surface area contributed by atoms with Crippen molar-refractivity contribution in [1.29, 1.82) is 0 Å². The maximum absolute atomic E-state index is 10.1. The molecule has 92 valence electrons. The first-order valence-corrected chi connectivity index (χ1v) is 5.86. The number of nitrogens with zero attached hydrogens (tertiary/aromatic N) is 2. The number of rotatable bonds is 2. The summed E-state index contributed by atoms with van der Waals surface area (Å²) in [6.45, 7) is 5.75. The maximum Gasteiger partial charge on any atom is 0.126 e. The van der Waals surface area contributed by atoms with E-state index in [-0.39, 0.29) is 5.76 Å². The molecule has 2 rings (SSSR count). The molecule has 3 heteroatoms. The van der Waals surface area contributed by atoms with E-state index in [1.807, 2.05) is 51.1 Å². The van der Waals surface area contributed by atoms with E-state index in [0.717, 1.165) is 22.5 Å². The summed E-state index contributed by atoms with van der Waals surface area (Å²) >= 11 is 0. The Kier molecular flexibility index (Phi) is 3.42. The van der Waals surface area contributed by atoms with Crippen LogP contribution in [0.15, 0.2) is 30.3 Å². The van der Waals surface area contributed by atoms with Gasteiger partial charge in [-0.2, -0.15) is 0 Å². The molecule has 3 nitrogen and oxygen atoms in total. The maximum atomic E-state index is 10.1. The number of hydrogen-bond acceptors (Lipinski definition) is 3. The van der Waals surface area contributed by atoms with E-state index in [2.05, 4.69) is 9.97 Å². The van der Waals surface area contributed by atoms with Gasteiger partial charge in [0.1, 0.15) is 11.6 Å². The predicted octanol–water partition coefficient (Wildman–Crippen LogP) is 3.46. The lowest BCUT2D eigenvalue weighted by molar-refractivity contribution is 0.515. The van der Waals surface area contributed by atoms with Crippen LogP contribution in [0.25, 0.3) is 11.8 Å². The van der Waals surface area contributed by atoms with Gasteiger partial charge in [-0.15, -0.1) is 0 Å². The van der Waals surface area contributed by atoms with Crippen molar-refractivity contribution in [3.8, 4) is 0 Å². The van der Waals surface area contributed by atoms with Gasteiger partial charge in [0.05, 0.1) is 5.69 Å². The van der Waals surface area contributed by atoms with E-state index in [1.165, 1.54) is 0 Å². The summed E-state index contributed by atoms with van der Waals surface area (Å²) in [5.41, 5.74) is 3.48. The Morgan fingerprint density at radius 2 is 1.72 bits per heavy atom. The Morgan fingerprint density at radius 3 is 2.39 bits per heavy atom. The molecule has 0 aliphatic carbocycles. The van der Waals surface area contributed by atoms with Gasteiger partial charge in [0.2, 0.25) is 0 Å². The van der Waals surface area contributed by atoms with Gasteiger partial charge in [-0.1, -0.05) is 30.3 Å². The lowest BCUT2D eigenvalue weighted by atomic mass is 10.1. The highest BCUT2D eigenvalue weighted by atomic mass is 16.3. The molecular weight excluding hydrogens is 224 g/mol. The van der Waals surface area contributed by atoms with E-state index < -0.39 is 0 Å². The highest BCUT2D eigenvalue weighted by Gasteiger charge is 2.05. The molecule has 1 aromatic heterocycles. The monoisotopic (exact) mass is 240 g/mol. The number of aliphatic hydroxyl groups is 1. The smallest absolute Gasteiger partial charge is 0.126 e. The third kappa shape index (κ3) is 2.56. The molecule has 0 saturated heterocycles. The van der Waals surface area contributed by atoms with Gasteiger partial charge in [-0.05, 0) is 26.3 Å². The second-order valence-corrected chi connectivity index (χ2v) is 4.26. The van der Waals surface area contributed by atoms with Crippen LogP contribution < -0.4 is 0 Å². The number of aryl methyl sites for hydroxylation is 2. The topological polar surface area (TPSA) is 46.0 Å². The normalized spacial score (nSPS) is 11.6. The highest BCUT2D eigenvalue weighted by molar-refractivity contribution is 5.76. The first-order chi connectivity index (χ1) is 8.58. The van der Waals surface area contributed by atoms with Crippen LogP contribution in [0.5, 0.6) is 0 Å². The zero-order chi connectivity index (χ0) is 13.1. The van der Waals surface area contributed by atoms with Crippen molar-refractivity contribution in [2.75, 3.05) is 0 Å². The second kappa shape index (κ2) is 5.00. The molecule has 0 aliphatic rings. The molecule has 1 heterocycles. The number of aliphatic hydroxyl groups excluding tert-OH is 1. The largest absolute Gasteiger partial charge is 0.507 e. The lowest BCUT2D eigenvalue weighted by Gasteiger charge is -2.06. The Morgan fingerprint density at radius 1 is 1.06 bits per heavy atom. The third-order valence-corrected chi connectivity index (χ3v) is 2.88. The van der Waals surface area contributed by atoms with E-state index >= 15 is 0 Å². The van der Waals surface area contributed by atoms with Crippen LogP contribution in [0.3, 0.4) is 0 Å². The van der Waals surface area contributed by atoms with Crippen LogP contribution in [0.4, 0.5) is 0 Å². The summed E-state index contributed by atoms with van der Waals surface area (Å²) < 4.78 is 0. The highest BCUT2D eigenvalue weighted by Crippen LogP contribution is 2.17. The first-order valence-electron chi connectivity index (χ1n) is 5.86. The zero-order valence-electron chi connectivity index (χ0n) is 10.8. The van der Waals surface area contributed by atoms with Gasteiger partial charge in [0, 0.05) is 17.3 Å². The molecule has 0 aliphatic heterocycles. The fourth-order valence-corrected chi connectivity index (χ4v) is 1.76. The summed E-state index contributed by atoms with van der Waals surface area (Å²) in [6.07, 6.45) is 1.69. The van der Waals surface area contributed by atoms with Gasteiger partial charge >= 0.3 is 0 Å². The van der Waals surface area contributed by atoms with Crippen molar-refractivity contribution in [2.24, 2.45) is 0 Å². The summed E-state index contributed by atoms with van der Waals surface area (Å²) in [4.78, 5) is 8.64. The molecule has 0 spiro atoms. The fraction of sp³-hybridized carbons (Fsp3) is 0.200. The van der Waals surface area contributed by atoms with Crippen LogP contribution in [0.2, 0.25) is 0 Å². The standard InChI is InChI=1S/C15H16N2O/c1-10-11(2)16-12(3)17-14(10)9-15(18)13-7-5-4-6-8-13/h4-9,18H,1-3H3/b15-9-. The molecule has 2 aromatic rings. The number of aromatic nitrogens is 2. The predicted molar refractivity (Wildman–Crippen MR) is 73.2 cm³/mol. The molecule has 0 unspecified atom stereocenters. The van der Waals surface area contributed by atoms with E-state index in [9.17, 15) is 5.11 Å². The van der Waals surface area contributed by atoms with Gasteiger partial charge in [-0.3, -0.25) is 0 Å². The minimum absolute atomic E-state index is 0.219.